The number of hydrogen-bond donors (Lipinski definition) is 1. The van der Waals surface area contributed by atoms with E-state index >= 15 is 0 Å². The average Bonchev–Trinajstić information content (AvgIpc) is 2.54. The molecule has 0 aliphatic rings. The summed E-state index contributed by atoms with van der Waals surface area (Å²) in [6, 6.07) is 12.6. The van der Waals surface area contributed by atoms with Crippen molar-refractivity contribution in [3.05, 3.63) is 58.6 Å². The number of halogens is 1. The lowest BCUT2D eigenvalue weighted by Crippen LogP contribution is -2.35. The lowest BCUT2D eigenvalue weighted by atomic mass is 10.2. The number of carbonyl (C=O) groups is 2. The van der Waals surface area contributed by atoms with E-state index in [4.69, 9.17) is 0 Å². The number of benzene rings is 2. The highest BCUT2D eigenvalue weighted by Crippen LogP contribution is 2.17. The van der Waals surface area contributed by atoms with E-state index in [1.807, 2.05) is 6.07 Å². The summed E-state index contributed by atoms with van der Waals surface area (Å²) in [5, 5.41) is 2.64. The molecule has 0 spiro atoms. The Labute approximate surface area is 155 Å². The van der Waals surface area contributed by atoms with Gasteiger partial charge in [-0.3, -0.25) is 9.59 Å². The van der Waals surface area contributed by atoms with Crippen molar-refractivity contribution in [1.29, 1.82) is 0 Å². The first-order valence-corrected chi connectivity index (χ1v) is 9.56. The summed E-state index contributed by atoms with van der Waals surface area (Å²) in [7, 11) is -2.50. The molecule has 0 aromatic heterocycles. The Morgan fingerprint density at radius 2 is 1.76 bits per heavy atom. The van der Waals surface area contributed by atoms with Gasteiger partial charge in [0.05, 0.1) is 11.4 Å². The van der Waals surface area contributed by atoms with Crippen molar-refractivity contribution in [3.8, 4) is 0 Å². The van der Waals surface area contributed by atoms with Gasteiger partial charge in [0.15, 0.2) is 5.78 Å². The quantitative estimate of drug-likeness (QED) is 0.722. The first-order valence-electron chi connectivity index (χ1n) is 7.33. The van der Waals surface area contributed by atoms with Crippen molar-refractivity contribution in [1.82, 2.24) is 4.31 Å². The molecule has 2 rings (SSSR count). The number of rotatable bonds is 6. The second kappa shape index (κ2) is 7.90. The molecule has 0 atom stereocenters. The van der Waals surface area contributed by atoms with E-state index in [2.05, 4.69) is 21.2 Å². The van der Waals surface area contributed by atoms with Crippen molar-refractivity contribution in [2.24, 2.45) is 0 Å². The van der Waals surface area contributed by atoms with Crippen LogP contribution in [-0.4, -0.2) is 38.0 Å². The summed E-state index contributed by atoms with van der Waals surface area (Å²) in [5.41, 5.74) is 0.991. The molecule has 25 heavy (non-hydrogen) atoms. The number of ketones is 1. The molecule has 0 bridgehead atoms. The van der Waals surface area contributed by atoms with Crippen molar-refractivity contribution in [2.75, 3.05) is 18.9 Å². The molecule has 0 saturated heterocycles. The fraction of sp³-hybridized carbons (Fsp3) is 0.176. The first kappa shape index (κ1) is 19.3. The van der Waals surface area contributed by atoms with E-state index in [9.17, 15) is 18.0 Å². The van der Waals surface area contributed by atoms with Crippen LogP contribution in [0.3, 0.4) is 0 Å². The number of Topliss-reactive ketones (excluding diaryl/α,β-unsaturated/α-hetero) is 1. The molecule has 6 nitrogen and oxygen atoms in total. The molecule has 1 amide bonds. The van der Waals surface area contributed by atoms with Crippen LogP contribution >= 0.6 is 15.9 Å². The van der Waals surface area contributed by atoms with Gasteiger partial charge in [0.1, 0.15) is 0 Å². The molecule has 8 heteroatoms. The highest BCUT2D eigenvalue weighted by Gasteiger charge is 2.23. The van der Waals surface area contributed by atoms with Gasteiger partial charge in [-0.2, -0.15) is 4.31 Å². The molecule has 2 aromatic rings. The highest BCUT2D eigenvalue weighted by molar-refractivity contribution is 9.10. The summed E-state index contributed by atoms with van der Waals surface area (Å²) in [6.45, 7) is 1.07. The van der Waals surface area contributed by atoms with Gasteiger partial charge in [0.25, 0.3) is 0 Å². The number of anilines is 1. The van der Waals surface area contributed by atoms with Crippen LogP contribution < -0.4 is 5.32 Å². The molecule has 0 heterocycles. The minimum absolute atomic E-state index is 0.0234. The maximum Gasteiger partial charge on any atom is 0.243 e. The van der Waals surface area contributed by atoms with Gasteiger partial charge < -0.3 is 5.32 Å². The van der Waals surface area contributed by atoms with Crippen molar-refractivity contribution < 1.29 is 18.0 Å². The molecule has 132 valence electrons. The van der Waals surface area contributed by atoms with Crippen molar-refractivity contribution >= 4 is 43.3 Å². The van der Waals surface area contributed by atoms with Crippen LogP contribution in [0.4, 0.5) is 5.69 Å². The fourth-order valence-corrected chi connectivity index (χ4v) is 3.62. The van der Waals surface area contributed by atoms with Crippen LogP contribution in [0.1, 0.15) is 17.3 Å². The summed E-state index contributed by atoms with van der Waals surface area (Å²) in [5.74, 6) is -0.602. The number of hydrogen-bond acceptors (Lipinski definition) is 4. The summed E-state index contributed by atoms with van der Waals surface area (Å²) < 4.78 is 26.8. The van der Waals surface area contributed by atoms with Crippen LogP contribution in [0.15, 0.2) is 57.9 Å². The zero-order valence-corrected chi connectivity index (χ0v) is 16.1. The maximum absolute atomic E-state index is 12.5. The van der Waals surface area contributed by atoms with Gasteiger partial charge in [-0.25, -0.2) is 8.42 Å². The van der Waals surface area contributed by atoms with Crippen LogP contribution in [0.5, 0.6) is 0 Å². The van der Waals surface area contributed by atoms with E-state index in [0.29, 0.717) is 11.3 Å². The fourth-order valence-electron chi connectivity index (χ4n) is 2.10. The average molecular weight is 425 g/mol. The summed E-state index contributed by atoms with van der Waals surface area (Å²) >= 11 is 3.30. The maximum atomic E-state index is 12.5. The minimum Gasteiger partial charge on any atom is -0.325 e. The molecule has 0 unspecified atom stereocenters. The van der Waals surface area contributed by atoms with Gasteiger partial charge >= 0.3 is 0 Å². The Morgan fingerprint density at radius 3 is 2.32 bits per heavy atom. The van der Waals surface area contributed by atoms with E-state index in [-0.39, 0.29) is 17.2 Å². The summed E-state index contributed by atoms with van der Waals surface area (Å²) in [6.07, 6.45) is 0. The molecule has 0 fully saturated rings. The Morgan fingerprint density at radius 1 is 1.12 bits per heavy atom. The highest BCUT2D eigenvalue weighted by atomic mass is 79.9. The number of nitrogens with one attached hydrogen (secondary N) is 1. The normalized spacial score (nSPS) is 11.4. The third kappa shape index (κ3) is 4.97. The lowest BCUT2D eigenvalue weighted by Gasteiger charge is -2.17. The van der Waals surface area contributed by atoms with E-state index in [1.54, 1.807) is 18.2 Å². The van der Waals surface area contributed by atoms with Crippen LogP contribution in [-0.2, 0) is 14.8 Å². The zero-order valence-electron chi connectivity index (χ0n) is 13.7. The number of amides is 1. The SMILES string of the molecule is CC(=O)c1ccc(S(=O)(=O)N(C)CC(=O)Nc2cccc(Br)c2)cc1. The van der Waals surface area contributed by atoms with Crippen molar-refractivity contribution in [2.45, 2.75) is 11.8 Å². The number of sulfonamides is 1. The van der Waals surface area contributed by atoms with E-state index in [0.717, 1.165) is 8.78 Å². The third-order valence-electron chi connectivity index (χ3n) is 3.44. The Kier molecular flexibility index (Phi) is 6.10. The standard InChI is InChI=1S/C17H17BrN2O4S/c1-12(21)13-6-8-16(9-7-13)25(23,24)20(2)11-17(22)19-15-5-3-4-14(18)10-15/h3-10H,11H2,1-2H3,(H,19,22). The monoisotopic (exact) mass is 424 g/mol. The molecular weight excluding hydrogens is 408 g/mol. The second-order valence-corrected chi connectivity index (χ2v) is 8.36. The van der Waals surface area contributed by atoms with Crippen molar-refractivity contribution in [3.63, 3.8) is 0 Å². The number of nitrogens with zero attached hydrogens (tertiary/aromatic N) is 1. The second-order valence-electron chi connectivity index (χ2n) is 5.40. The van der Waals surface area contributed by atoms with E-state index < -0.39 is 15.9 Å². The van der Waals surface area contributed by atoms with Gasteiger partial charge in [0, 0.05) is 22.8 Å². The molecule has 0 aliphatic carbocycles. The van der Waals surface area contributed by atoms with Gasteiger partial charge in [-0.1, -0.05) is 34.1 Å². The Balaban J connectivity index is 2.08. The van der Waals surface area contributed by atoms with Crippen LogP contribution in [0.25, 0.3) is 0 Å². The zero-order chi connectivity index (χ0) is 18.6. The molecule has 1 N–H and O–H groups in total. The predicted octanol–water partition coefficient (Wildman–Crippen LogP) is 2.91. The topological polar surface area (TPSA) is 83.6 Å². The molecule has 0 aliphatic heterocycles. The number of likely N-dealkylation sites (N-methyl/N-ethyl adjacent to an activating group) is 1. The first-order chi connectivity index (χ1) is 11.7. The third-order valence-corrected chi connectivity index (χ3v) is 5.75. The lowest BCUT2D eigenvalue weighted by molar-refractivity contribution is -0.116. The predicted molar refractivity (Wildman–Crippen MR) is 99.0 cm³/mol. The number of carbonyl (C=O) groups excluding carboxylic acids is 2. The Bertz CT molecular complexity index is 895. The van der Waals surface area contributed by atoms with Crippen LogP contribution in [0, 0.1) is 0 Å². The minimum atomic E-state index is -3.83. The molecule has 0 radical (unpaired) electrons. The Hall–Kier alpha value is -2.03. The van der Waals surface area contributed by atoms with Gasteiger partial charge in [-0.05, 0) is 37.3 Å². The molecule has 0 saturated carbocycles. The van der Waals surface area contributed by atoms with E-state index in [1.165, 1.54) is 38.2 Å². The largest absolute Gasteiger partial charge is 0.325 e. The van der Waals surface area contributed by atoms with Crippen LogP contribution in [0.2, 0.25) is 0 Å². The van der Waals surface area contributed by atoms with Gasteiger partial charge in [-0.15, -0.1) is 0 Å². The smallest absolute Gasteiger partial charge is 0.243 e. The molecular formula is C17H17BrN2O4S. The summed E-state index contributed by atoms with van der Waals surface area (Å²) in [4.78, 5) is 23.4. The van der Waals surface area contributed by atoms with Gasteiger partial charge in [0.2, 0.25) is 15.9 Å². The molecule has 2 aromatic carbocycles.